The number of carbonyl (C=O) groups excluding carboxylic acids is 1. The van der Waals surface area contributed by atoms with Crippen molar-refractivity contribution in [1.29, 1.82) is 0 Å². The average molecular weight is 430 g/mol. The fraction of sp³-hybridized carbons (Fsp3) is 0.370. The van der Waals surface area contributed by atoms with Crippen molar-refractivity contribution in [2.24, 2.45) is 0 Å². The van der Waals surface area contributed by atoms with Crippen molar-refractivity contribution in [3.8, 4) is 29.4 Å². The summed E-state index contributed by atoms with van der Waals surface area (Å²) in [5.41, 5.74) is 4.90. The predicted octanol–water partition coefficient (Wildman–Crippen LogP) is 6.33. The van der Waals surface area contributed by atoms with E-state index in [2.05, 4.69) is 33.3 Å². The summed E-state index contributed by atoms with van der Waals surface area (Å²) in [6, 6.07) is 14.5. The van der Waals surface area contributed by atoms with Crippen molar-refractivity contribution in [3.05, 3.63) is 48.0 Å². The van der Waals surface area contributed by atoms with E-state index in [4.69, 9.17) is 11.2 Å². The SMILES string of the molecule is C#Cc1c(-c2ccc(NC(=O)NC(C)CC)cc2)n(C2CCC2)c2cc(OCC)ccc12. The Labute approximate surface area is 190 Å². The molecule has 1 fully saturated rings. The number of hydrogen-bond donors (Lipinski definition) is 2. The van der Waals surface area contributed by atoms with E-state index in [0.29, 0.717) is 12.6 Å². The Morgan fingerprint density at radius 1 is 1.22 bits per heavy atom. The zero-order chi connectivity index (χ0) is 22.7. The highest BCUT2D eigenvalue weighted by atomic mass is 16.5. The molecular formula is C27H31N3O2. The van der Waals surface area contributed by atoms with Gasteiger partial charge in [0.2, 0.25) is 0 Å². The number of amides is 2. The lowest BCUT2D eigenvalue weighted by atomic mass is 9.92. The Balaban J connectivity index is 1.73. The Kier molecular flexibility index (Phi) is 6.41. The number of nitrogens with one attached hydrogen (secondary N) is 2. The fourth-order valence-electron chi connectivity index (χ4n) is 4.21. The van der Waals surface area contributed by atoms with E-state index in [1.54, 1.807) is 0 Å². The van der Waals surface area contributed by atoms with Crippen LogP contribution >= 0.6 is 0 Å². The third-order valence-electron chi connectivity index (χ3n) is 6.28. The van der Waals surface area contributed by atoms with Gasteiger partial charge in [-0.2, -0.15) is 0 Å². The molecule has 4 rings (SSSR count). The van der Waals surface area contributed by atoms with Gasteiger partial charge >= 0.3 is 6.03 Å². The summed E-state index contributed by atoms with van der Waals surface area (Å²) in [6.45, 7) is 6.65. The number of benzene rings is 2. The zero-order valence-electron chi connectivity index (χ0n) is 19.1. The summed E-state index contributed by atoms with van der Waals surface area (Å²) >= 11 is 0. The van der Waals surface area contributed by atoms with Crippen LogP contribution in [0.1, 0.15) is 58.1 Å². The van der Waals surface area contributed by atoms with Crippen molar-refractivity contribution < 1.29 is 9.53 Å². The van der Waals surface area contributed by atoms with Gasteiger partial charge in [0.1, 0.15) is 5.75 Å². The van der Waals surface area contributed by atoms with Crippen molar-refractivity contribution in [1.82, 2.24) is 9.88 Å². The lowest BCUT2D eigenvalue weighted by Gasteiger charge is -2.30. The van der Waals surface area contributed by atoms with Crippen LogP contribution in [0.5, 0.6) is 5.75 Å². The number of terminal acetylenes is 1. The van der Waals surface area contributed by atoms with Crippen LogP contribution < -0.4 is 15.4 Å². The number of anilines is 1. The van der Waals surface area contributed by atoms with Gasteiger partial charge in [0.05, 0.1) is 23.4 Å². The molecule has 166 valence electrons. The second-order valence-corrected chi connectivity index (χ2v) is 8.42. The minimum absolute atomic E-state index is 0.132. The van der Waals surface area contributed by atoms with Gasteiger partial charge in [-0.3, -0.25) is 0 Å². The Bertz CT molecular complexity index is 1150. The lowest BCUT2D eigenvalue weighted by Crippen LogP contribution is -2.35. The van der Waals surface area contributed by atoms with E-state index in [0.717, 1.165) is 58.4 Å². The first-order chi connectivity index (χ1) is 15.5. The van der Waals surface area contributed by atoms with Crippen molar-refractivity contribution >= 4 is 22.6 Å². The Morgan fingerprint density at radius 2 is 1.97 bits per heavy atom. The van der Waals surface area contributed by atoms with E-state index in [1.165, 1.54) is 6.42 Å². The maximum atomic E-state index is 12.2. The molecule has 0 saturated heterocycles. The molecule has 5 nitrogen and oxygen atoms in total. The second-order valence-electron chi connectivity index (χ2n) is 8.42. The minimum atomic E-state index is -0.191. The molecule has 0 aliphatic heterocycles. The summed E-state index contributed by atoms with van der Waals surface area (Å²) in [4.78, 5) is 12.2. The number of hydrogen-bond acceptors (Lipinski definition) is 2. The lowest BCUT2D eigenvalue weighted by molar-refractivity contribution is 0.249. The molecule has 1 atom stereocenters. The van der Waals surface area contributed by atoms with Gasteiger partial charge in [0, 0.05) is 29.2 Å². The van der Waals surface area contributed by atoms with Gasteiger partial charge in [-0.25, -0.2) is 4.79 Å². The normalized spacial score (nSPS) is 14.4. The van der Waals surface area contributed by atoms with E-state index in [-0.39, 0.29) is 12.1 Å². The largest absolute Gasteiger partial charge is 0.494 e. The highest BCUT2D eigenvalue weighted by molar-refractivity contribution is 5.96. The Morgan fingerprint density at radius 3 is 2.56 bits per heavy atom. The molecule has 1 aliphatic rings. The van der Waals surface area contributed by atoms with Gasteiger partial charge < -0.3 is 19.9 Å². The molecule has 2 aromatic carbocycles. The summed E-state index contributed by atoms with van der Waals surface area (Å²) < 4.78 is 8.16. The third kappa shape index (κ3) is 4.18. The standard InChI is InChI=1S/C27H31N3O2/c1-5-18(4)28-27(31)29-20-13-11-19(12-14-20)26-23(6-2)24-16-15-22(32-7-3)17-25(24)30(26)21-9-8-10-21/h2,11-18,21H,5,7-10H2,1,3-4H3,(H2,28,29,31). The highest BCUT2D eigenvalue weighted by Crippen LogP contribution is 2.43. The van der Waals surface area contributed by atoms with Gasteiger partial charge in [-0.1, -0.05) is 25.0 Å². The molecular weight excluding hydrogens is 398 g/mol. The van der Waals surface area contributed by atoms with Crippen molar-refractivity contribution in [2.75, 3.05) is 11.9 Å². The molecule has 0 spiro atoms. The number of nitrogens with zero attached hydrogens (tertiary/aromatic N) is 1. The molecule has 0 radical (unpaired) electrons. The minimum Gasteiger partial charge on any atom is -0.494 e. The van der Waals surface area contributed by atoms with Gasteiger partial charge in [0.25, 0.3) is 0 Å². The quantitative estimate of drug-likeness (QED) is 0.431. The smallest absolute Gasteiger partial charge is 0.319 e. The molecule has 32 heavy (non-hydrogen) atoms. The van der Waals surface area contributed by atoms with Crippen LogP contribution in [-0.4, -0.2) is 23.2 Å². The highest BCUT2D eigenvalue weighted by Gasteiger charge is 2.27. The third-order valence-corrected chi connectivity index (χ3v) is 6.28. The maximum Gasteiger partial charge on any atom is 0.319 e. The molecule has 2 amide bonds. The maximum absolute atomic E-state index is 12.2. The molecule has 1 aliphatic carbocycles. The number of rotatable bonds is 7. The van der Waals surface area contributed by atoms with Crippen LogP contribution in [0.15, 0.2) is 42.5 Å². The van der Waals surface area contributed by atoms with Crippen LogP contribution in [0.25, 0.3) is 22.2 Å². The average Bonchev–Trinajstić information content (AvgIpc) is 3.06. The topological polar surface area (TPSA) is 55.3 Å². The first kappa shape index (κ1) is 21.8. The van der Waals surface area contributed by atoms with Gasteiger partial charge in [-0.05, 0) is 69.4 Å². The number of urea groups is 1. The van der Waals surface area contributed by atoms with E-state index in [1.807, 2.05) is 51.1 Å². The van der Waals surface area contributed by atoms with E-state index in [9.17, 15) is 4.79 Å². The van der Waals surface area contributed by atoms with Gasteiger partial charge in [0.15, 0.2) is 0 Å². The molecule has 1 saturated carbocycles. The predicted molar refractivity (Wildman–Crippen MR) is 131 cm³/mol. The summed E-state index contributed by atoms with van der Waals surface area (Å²) in [7, 11) is 0. The number of aromatic nitrogens is 1. The second kappa shape index (κ2) is 9.40. The number of ether oxygens (including phenoxy) is 1. The Hall–Kier alpha value is -3.39. The van der Waals surface area contributed by atoms with Crippen molar-refractivity contribution in [3.63, 3.8) is 0 Å². The molecule has 3 aromatic rings. The summed E-state index contributed by atoms with van der Waals surface area (Å²) in [5, 5.41) is 6.91. The van der Waals surface area contributed by atoms with Crippen LogP contribution in [-0.2, 0) is 0 Å². The van der Waals surface area contributed by atoms with Crippen LogP contribution in [0, 0.1) is 12.3 Å². The van der Waals surface area contributed by atoms with Crippen LogP contribution in [0.4, 0.5) is 10.5 Å². The van der Waals surface area contributed by atoms with E-state index < -0.39 is 0 Å². The number of carbonyl (C=O) groups is 1. The molecule has 2 N–H and O–H groups in total. The monoisotopic (exact) mass is 429 g/mol. The summed E-state index contributed by atoms with van der Waals surface area (Å²) in [5.74, 6) is 3.81. The first-order valence-electron chi connectivity index (χ1n) is 11.5. The summed E-state index contributed by atoms with van der Waals surface area (Å²) in [6.07, 6.45) is 10.4. The molecule has 1 aromatic heterocycles. The first-order valence-corrected chi connectivity index (χ1v) is 11.5. The zero-order valence-corrected chi connectivity index (χ0v) is 19.1. The van der Waals surface area contributed by atoms with Gasteiger partial charge in [-0.15, -0.1) is 6.42 Å². The molecule has 0 bridgehead atoms. The van der Waals surface area contributed by atoms with Crippen LogP contribution in [0.2, 0.25) is 0 Å². The number of fused-ring (bicyclic) bond motifs is 1. The van der Waals surface area contributed by atoms with E-state index >= 15 is 0 Å². The molecule has 1 heterocycles. The molecule has 5 heteroatoms. The molecule has 1 unspecified atom stereocenters. The van der Waals surface area contributed by atoms with Crippen LogP contribution in [0.3, 0.4) is 0 Å². The van der Waals surface area contributed by atoms with Crippen molar-refractivity contribution in [2.45, 2.75) is 58.5 Å². The fourth-order valence-corrected chi connectivity index (χ4v) is 4.21.